The molecule has 0 aromatic heterocycles. The van der Waals surface area contributed by atoms with Crippen LogP contribution in [0.3, 0.4) is 0 Å². The maximum atomic E-state index is 12.4. The third-order valence-corrected chi connectivity index (χ3v) is 5.04. The standard InChI is InChI=1S/C19H30N2O3/c1-6-24-17(23)14-21-18(2,3)12-15(13-19(21,4)5)20-11-9-7-8-10-16(20)22/h7-10,15H,6,11-14H2,1-5H3. The number of rotatable bonds is 4. The van der Waals surface area contributed by atoms with Gasteiger partial charge in [0.2, 0.25) is 5.91 Å². The van der Waals surface area contributed by atoms with Crippen LogP contribution in [0.2, 0.25) is 0 Å². The van der Waals surface area contributed by atoms with Gasteiger partial charge in [0.15, 0.2) is 0 Å². The Morgan fingerprint density at radius 1 is 1.21 bits per heavy atom. The second-order valence-corrected chi connectivity index (χ2v) is 7.86. The minimum absolute atomic E-state index is 0.0652. The zero-order valence-corrected chi connectivity index (χ0v) is 15.5. The van der Waals surface area contributed by atoms with Crippen molar-refractivity contribution >= 4 is 11.9 Å². The van der Waals surface area contributed by atoms with E-state index in [1.54, 1.807) is 12.2 Å². The van der Waals surface area contributed by atoms with Crippen LogP contribution in [-0.4, -0.2) is 58.5 Å². The second-order valence-electron chi connectivity index (χ2n) is 7.86. The maximum absolute atomic E-state index is 12.4. The van der Waals surface area contributed by atoms with Gasteiger partial charge in [-0.15, -0.1) is 0 Å². The number of carbonyl (C=O) groups excluding carboxylic acids is 2. The van der Waals surface area contributed by atoms with E-state index in [9.17, 15) is 9.59 Å². The van der Waals surface area contributed by atoms with E-state index < -0.39 is 0 Å². The molecule has 0 saturated carbocycles. The van der Waals surface area contributed by atoms with Gasteiger partial charge in [-0.05, 0) is 47.5 Å². The molecule has 1 amide bonds. The zero-order chi connectivity index (χ0) is 18.0. The van der Waals surface area contributed by atoms with Gasteiger partial charge in [-0.2, -0.15) is 0 Å². The number of allylic oxidation sites excluding steroid dienone is 2. The first-order chi connectivity index (χ1) is 11.2. The molecular formula is C19H30N2O3. The minimum Gasteiger partial charge on any atom is -0.465 e. The van der Waals surface area contributed by atoms with Gasteiger partial charge < -0.3 is 9.64 Å². The molecule has 0 N–H and O–H groups in total. The molecule has 0 unspecified atom stereocenters. The molecule has 134 valence electrons. The summed E-state index contributed by atoms with van der Waals surface area (Å²) in [5, 5.41) is 0. The SMILES string of the molecule is CCOC(=O)CN1C(C)(C)CC(N2CC=CC=CC2=O)CC1(C)C. The normalized spacial score (nSPS) is 24.0. The Labute approximate surface area is 145 Å². The summed E-state index contributed by atoms with van der Waals surface area (Å²) in [6.45, 7) is 11.7. The highest BCUT2D eigenvalue weighted by Gasteiger charge is 2.48. The second kappa shape index (κ2) is 7.09. The summed E-state index contributed by atoms with van der Waals surface area (Å²) in [6.07, 6.45) is 9.05. The van der Waals surface area contributed by atoms with Crippen LogP contribution < -0.4 is 0 Å². The topological polar surface area (TPSA) is 49.9 Å². The van der Waals surface area contributed by atoms with Crippen LogP contribution in [0.1, 0.15) is 47.5 Å². The van der Waals surface area contributed by atoms with E-state index in [0.29, 0.717) is 13.2 Å². The number of amides is 1. The maximum Gasteiger partial charge on any atom is 0.320 e. The van der Waals surface area contributed by atoms with E-state index in [1.165, 1.54) is 0 Å². The predicted molar refractivity (Wildman–Crippen MR) is 94.5 cm³/mol. The first-order valence-corrected chi connectivity index (χ1v) is 8.74. The van der Waals surface area contributed by atoms with Crippen LogP contribution in [0.4, 0.5) is 0 Å². The monoisotopic (exact) mass is 334 g/mol. The third-order valence-electron chi connectivity index (χ3n) is 5.04. The fourth-order valence-electron chi connectivity index (χ4n) is 4.15. The summed E-state index contributed by atoms with van der Waals surface area (Å²) < 4.78 is 5.14. The number of hydrogen-bond donors (Lipinski definition) is 0. The van der Waals surface area contributed by atoms with Crippen molar-refractivity contribution in [2.45, 2.75) is 64.6 Å². The summed E-state index contributed by atoms with van der Waals surface area (Å²) in [6, 6.07) is 0.161. The van der Waals surface area contributed by atoms with Crippen molar-refractivity contribution in [1.29, 1.82) is 0 Å². The average molecular weight is 334 g/mol. The van der Waals surface area contributed by atoms with Crippen molar-refractivity contribution in [1.82, 2.24) is 9.80 Å². The van der Waals surface area contributed by atoms with E-state index in [1.807, 2.05) is 24.0 Å². The molecule has 24 heavy (non-hydrogen) atoms. The smallest absolute Gasteiger partial charge is 0.320 e. The fraction of sp³-hybridized carbons (Fsp3) is 0.684. The Kier molecular flexibility index (Phi) is 5.53. The molecule has 5 nitrogen and oxygen atoms in total. The molecule has 2 rings (SSSR count). The Balaban J connectivity index is 2.19. The van der Waals surface area contributed by atoms with Crippen molar-refractivity contribution in [3.63, 3.8) is 0 Å². The van der Waals surface area contributed by atoms with Crippen molar-refractivity contribution < 1.29 is 14.3 Å². The van der Waals surface area contributed by atoms with Gasteiger partial charge in [0.25, 0.3) is 0 Å². The van der Waals surface area contributed by atoms with Crippen molar-refractivity contribution in [2.24, 2.45) is 0 Å². The van der Waals surface area contributed by atoms with E-state index in [-0.39, 0.29) is 35.5 Å². The molecule has 5 heteroatoms. The van der Waals surface area contributed by atoms with Gasteiger partial charge in [-0.3, -0.25) is 14.5 Å². The summed E-state index contributed by atoms with van der Waals surface area (Å²) in [7, 11) is 0. The molecule has 1 fully saturated rings. The van der Waals surface area contributed by atoms with Gasteiger partial charge in [0.05, 0.1) is 13.2 Å². The molecule has 0 radical (unpaired) electrons. The van der Waals surface area contributed by atoms with Crippen LogP contribution >= 0.6 is 0 Å². The average Bonchev–Trinajstić information content (AvgIpc) is 2.67. The van der Waals surface area contributed by atoms with Crippen LogP contribution in [-0.2, 0) is 14.3 Å². The van der Waals surface area contributed by atoms with Gasteiger partial charge in [0, 0.05) is 29.7 Å². The van der Waals surface area contributed by atoms with Crippen molar-refractivity contribution in [3.8, 4) is 0 Å². The van der Waals surface area contributed by atoms with Crippen molar-refractivity contribution in [2.75, 3.05) is 19.7 Å². The Hall–Kier alpha value is -1.62. The highest BCUT2D eigenvalue weighted by atomic mass is 16.5. The fourth-order valence-corrected chi connectivity index (χ4v) is 4.15. The van der Waals surface area contributed by atoms with Gasteiger partial charge in [-0.25, -0.2) is 0 Å². The lowest BCUT2D eigenvalue weighted by Crippen LogP contribution is -2.65. The van der Waals surface area contributed by atoms with Crippen LogP contribution in [0.25, 0.3) is 0 Å². The highest BCUT2D eigenvalue weighted by molar-refractivity contribution is 5.88. The molecule has 0 aliphatic carbocycles. The number of hydrogen-bond acceptors (Lipinski definition) is 4. The molecule has 2 heterocycles. The number of carbonyl (C=O) groups is 2. The Morgan fingerprint density at radius 2 is 1.83 bits per heavy atom. The zero-order valence-electron chi connectivity index (χ0n) is 15.5. The van der Waals surface area contributed by atoms with Crippen molar-refractivity contribution in [3.05, 3.63) is 24.3 Å². The molecule has 0 spiro atoms. The molecule has 0 bridgehead atoms. The lowest BCUT2D eigenvalue weighted by Gasteiger charge is -2.56. The van der Waals surface area contributed by atoms with Gasteiger partial charge >= 0.3 is 5.97 Å². The van der Waals surface area contributed by atoms with Crippen LogP contribution in [0.15, 0.2) is 24.3 Å². The number of ether oxygens (including phenoxy) is 1. The number of esters is 1. The van der Waals surface area contributed by atoms with Crippen LogP contribution in [0.5, 0.6) is 0 Å². The summed E-state index contributed by atoms with van der Waals surface area (Å²) in [5.41, 5.74) is -0.390. The lowest BCUT2D eigenvalue weighted by molar-refractivity contribution is -0.153. The summed E-state index contributed by atoms with van der Waals surface area (Å²) in [4.78, 5) is 28.6. The van der Waals surface area contributed by atoms with E-state index in [2.05, 4.69) is 32.6 Å². The summed E-state index contributed by atoms with van der Waals surface area (Å²) in [5.74, 6) is -0.121. The van der Waals surface area contributed by atoms with E-state index >= 15 is 0 Å². The van der Waals surface area contributed by atoms with E-state index in [4.69, 9.17) is 4.74 Å². The largest absolute Gasteiger partial charge is 0.465 e. The Morgan fingerprint density at radius 3 is 2.42 bits per heavy atom. The first-order valence-electron chi connectivity index (χ1n) is 8.74. The lowest BCUT2D eigenvalue weighted by atomic mass is 9.76. The quantitative estimate of drug-likeness (QED) is 0.741. The minimum atomic E-state index is -0.195. The number of nitrogens with zero attached hydrogens (tertiary/aromatic N) is 2. The molecule has 0 aromatic rings. The first kappa shape index (κ1) is 18.7. The van der Waals surface area contributed by atoms with Gasteiger partial charge in [-0.1, -0.05) is 18.2 Å². The molecular weight excluding hydrogens is 304 g/mol. The van der Waals surface area contributed by atoms with E-state index in [0.717, 1.165) is 12.8 Å². The highest BCUT2D eigenvalue weighted by Crippen LogP contribution is 2.40. The molecule has 2 aliphatic rings. The third kappa shape index (κ3) is 4.07. The Bertz CT molecular complexity index is 531. The molecule has 1 saturated heterocycles. The van der Waals surface area contributed by atoms with Gasteiger partial charge in [0.1, 0.15) is 0 Å². The molecule has 2 aliphatic heterocycles. The number of piperidine rings is 1. The summed E-state index contributed by atoms with van der Waals surface area (Å²) >= 11 is 0. The molecule has 0 aromatic carbocycles. The number of likely N-dealkylation sites (tertiary alicyclic amines) is 1. The predicted octanol–water partition coefficient (Wildman–Crippen LogP) is 2.53. The molecule has 0 atom stereocenters. The van der Waals surface area contributed by atoms with Crippen LogP contribution in [0, 0.1) is 0 Å².